The number of nitrogens with one attached hydrogen (secondary N) is 1. The first-order valence-corrected chi connectivity index (χ1v) is 7.58. The van der Waals surface area contributed by atoms with Gasteiger partial charge < -0.3 is 5.32 Å². The summed E-state index contributed by atoms with van der Waals surface area (Å²) in [5.41, 5.74) is 1.07. The molecule has 2 rings (SSSR count). The van der Waals surface area contributed by atoms with Crippen LogP contribution in [-0.2, 0) is 13.1 Å². The van der Waals surface area contributed by atoms with Gasteiger partial charge >= 0.3 is 0 Å². The van der Waals surface area contributed by atoms with Crippen LogP contribution in [0.2, 0.25) is 5.02 Å². The molecule has 0 unspecified atom stereocenters. The third-order valence-electron chi connectivity index (χ3n) is 2.81. The van der Waals surface area contributed by atoms with Crippen molar-refractivity contribution in [1.82, 2.24) is 20.1 Å². The van der Waals surface area contributed by atoms with E-state index in [1.165, 1.54) is 0 Å². The Morgan fingerprint density at radius 2 is 2.10 bits per heavy atom. The van der Waals surface area contributed by atoms with Gasteiger partial charge in [0.05, 0.1) is 13.1 Å². The average molecular weight is 358 g/mol. The van der Waals surface area contributed by atoms with Crippen molar-refractivity contribution in [2.45, 2.75) is 39.4 Å². The third-order valence-corrected chi connectivity index (χ3v) is 3.65. The second-order valence-corrected chi connectivity index (χ2v) is 7.00. The highest BCUT2D eigenvalue weighted by atomic mass is 79.9. The summed E-state index contributed by atoms with van der Waals surface area (Å²) < 4.78 is 2.84. The summed E-state index contributed by atoms with van der Waals surface area (Å²) in [6.07, 6.45) is 1.58. The van der Waals surface area contributed by atoms with Gasteiger partial charge in [0.15, 0.2) is 0 Å². The van der Waals surface area contributed by atoms with Crippen LogP contribution in [0.1, 0.15) is 32.2 Å². The molecule has 108 valence electrons. The Hall–Kier alpha value is -0.910. The van der Waals surface area contributed by atoms with Gasteiger partial charge in [-0.1, -0.05) is 33.6 Å². The van der Waals surface area contributed by atoms with Crippen molar-refractivity contribution in [3.63, 3.8) is 0 Å². The number of nitrogens with zero attached hydrogens (tertiary/aromatic N) is 3. The summed E-state index contributed by atoms with van der Waals surface area (Å²) >= 11 is 9.65. The van der Waals surface area contributed by atoms with E-state index in [0.717, 1.165) is 20.9 Å². The highest BCUT2D eigenvalue weighted by Crippen LogP contribution is 2.22. The fraction of sp³-hybridized carbons (Fsp3) is 0.429. The minimum atomic E-state index is 0.0477. The van der Waals surface area contributed by atoms with Gasteiger partial charge in [0.25, 0.3) is 0 Å². The minimum absolute atomic E-state index is 0.0477. The lowest BCUT2D eigenvalue weighted by molar-refractivity contribution is 0.410. The number of aromatic nitrogens is 3. The summed E-state index contributed by atoms with van der Waals surface area (Å²) in [7, 11) is 0. The summed E-state index contributed by atoms with van der Waals surface area (Å²) in [5, 5.41) is 8.41. The number of benzene rings is 1. The average Bonchev–Trinajstić information content (AvgIpc) is 2.77. The second-order valence-electron chi connectivity index (χ2n) is 5.67. The van der Waals surface area contributed by atoms with Crippen molar-refractivity contribution in [3.05, 3.63) is 45.4 Å². The zero-order valence-corrected chi connectivity index (χ0v) is 14.2. The van der Waals surface area contributed by atoms with Gasteiger partial charge in [-0.2, -0.15) is 5.10 Å². The fourth-order valence-corrected chi connectivity index (χ4v) is 2.45. The molecule has 6 heteroatoms. The maximum Gasteiger partial charge on any atom is 0.141 e. The van der Waals surface area contributed by atoms with Crippen LogP contribution in [0.5, 0.6) is 0 Å². The first kappa shape index (κ1) is 15.5. The zero-order chi connectivity index (χ0) is 14.8. The standard InChI is InChI=1S/C14H18BrClN4/c1-14(2,3)18-7-13-17-9-19-20(13)8-10-4-5-11(15)6-12(10)16/h4-6,9,18H,7-8H2,1-3H3. The first-order chi connectivity index (χ1) is 9.35. The van der Waals surface area contributed by atoms with Gasteiger partial charge in [-0.05, 0) is 38.5 Å². The van der Waals surface area contributed by atoms with Gasteiger partial charge in [-0.3, -0.25) is 0 Å². The Balaban J connectivity index is 2.12. The SMILES string of the molecule is CC(C)(C)NCc1ncnn1Cc1ccc(Br)cc1Cl. The molecule has 2 aromatic rings. The normalized spacial score (nSPS) is 11.8. The number of hydrogen-bond donors (Lipinski definition) is 1. The highest BCUT2D eigenvalue weighted by molar-refractivity contribution is 9.10. The first-order valence-electron chi connectivity index (χ1n) is 6.41. The van der Waals surface area contributed by atoms with E-state index < -0.39 is 0 Å². The Morgan fingerprint density at radius 3 is 2.75 bits per heavy atom. The van der Waals surface area contributed by atoms with Crippen LogP contribution in [0.4, 0.5) is 0 Å². The molecule has 20 heavy (non-hydrogen) atoms. The predicted molar refractivity (Wildman–Crippen MR) is 84.9 cm³/mol. The van der Waals surface area contributed by atoms with Crippen LogP contribution in [0.3, 0.4) is 0 Å². The van der Waals surface area contributed by atoms with E-state index in [0.29, 0.717) is 13.1 Å². The molecule has 0 fully saturated rings. The van der Waals surface area contributed by atoms with Gasteiger partial charge in [-0.15, -0.1) is 0 Å². The van der Waals surface area contributed by atoms with Gasteiger partial charge in [0.1, 0.15) is 12.2 Å². The van der Waals surface area contributed by atoms with E-state index in [9.17, 15) is 0 Å². The molecule has 0 aliphatic carbocycles. The van der Waals surface area contributed by atoms with Gasteiger partial charge in [0.2, 0.25) is 0 Å². The second kappa shape index (κ2) is 6.24. The Labute approximate surface area is 132 Å². The quantitative estimate of drug-likeness (QED) is 0.908. The zero-order valence-electron chi connectivity index (χ0n) is 11.8. The van der Waals surface area contributed by atoms with Crippen molar-refractivity contribution in [2.24, 2.45) is 0 Å². The maximum absolute atomic E-state index is 6.24. The summed E-state index contributed by atoms with van der Waals surface area (Å²) in [4.78, 5) is 4.30. The monoisotopic (exact) mass is 356 g/mol. The smallest absolute Gasteiger partial charge is 0.141 e. The van der Waals surface area contributed by atoms with E-state index in [2.05, 4.69) is 52.1 Å². The van der Waals surface area contributed by atoms with Crippen LogP contribution >= 0.6 is 27.5 Å². The van der Waals surface area contributed by atoms with Crippen LogP contribution in [0.25, 0.3) is 0 Å². The van der Waals surface area contributed by atoms with E-state index in [1.54, 1.807) is 6.33 Å². The Kier molecular flexibility index (Phi) is 4.83. The lowest BCUT2D eigenvalue weighted by atomic mass is 10.1. The molecule has 0 aliphatic rings. The topological polar surface area (TPSA) is 42.7 Å². The van der Waals surface area contributed by atoms with Crippen LogP contribution in [0.15, 0.2) is 29.0 Å². The molecule has 0 saturated heterocycles. The summed E-state index contributed by atoms with van der Waals surface area (Å²) in [5.74, 6) is 0.902. The third kappa shape index (κ3) is 4.30. The van der Waals surface area contributed by atoms with Crippen molar-refractivity contribution >= 4 is 27.5 Å². The van der Waals surface area contributed by atoms with Crippen molar-refractivity contribution in [3.8, 4) is 0 Å². The van der Waals surface area contributed by atoms with Crippen LogP contribution in [-0.4, -0.2) is 20.3 Å². The largest absolute Gasteiger partial charge is 0.305 e. The van der Waals surface area contributed by atoms with E-state index in [1.807, 2.05) is 22.9 Å². The van der Waals surface area contributed by atoms with Crippen LogP contribution in [0, 0.1) is 0 Å². The molecule has 1 aromatic heterocycles. The summed E-state index contributed by atoms with van der Waals surface area (Å²) in [6.45, 7) is 7.67. The number of halogens is 2. The molecule has 0 spiro atoms. The number of hydrogen-bond acceptors (Lipinski definition) is 3. The summed E-state index contributed by atoms with van der Waals surface area (Å²) in [6, 6.07) is 5.86. The van der Waals surface area contributed by atoms with Crippen molar-refractivity contribution in [1.29, 1.82) is 0 Å². The van der Waals surface area contributed by atoms with Crippen molar-refractivity contribution < 1.29 is 0 Å². The van der Waals surface area contributed by atoms with E-state index >= 15 is 0 Å². The molecular weight excluding hydrogens is 340 g/mol. The van der Waals surface area contributed by atoms with E-state index in [4.69, 9.17) is 11.6 Å². The molecule has 0 aliphatic heterocycles. The van der Waals surface area contributed by atoms with Crippen LogP contribution < -0.4 is 5.32 Å². The Bertz CT molecular complexity index is 589. The molecule has 4 nitrogen and oxygen atoms in total. The molecule has 0 atom stereocenters. The molecule has 1 N–H and O–H groups in total. The molecular formula is C14H18BrClN4. The Morgan fingerprint density at radius 1 is 1.35 bits per heavy atom. The molecule has 1 aromatic carbocycles. The van der Waals surface area contributed by atoms with Gasteiger partial charge in [-0.25, -0.2) is 9.67 Å². The molecule has 0 bridgehead atoms. The molecule has 0 radical (unpaired) electrons. The van der Waals surface area contributed by atoms with Crippen molar-refractivity contribution in [2.75, 3.05) is 0 Å². The number of rotatable bonds is 4. The lowest BCUT2D eigenvalue weighted by Gasteiger charge is -2.20. The lowest BCUT2D eigenvalue weighted by Crippen LogP contribution is -2.36. The minimum Gasteiger partial charge on any atom is -0.305 e. The maximum atomic E-state index is 6.24. The highest BCUT2D eigenvalue weighted by Gasteiger charge is 2.12. The molecule has 0 amide bonds. The van der Waals surface area contributed by atoms with Gasteiger partial charge in [0, 0.05) is 15.0 Å². The van der Waals surface area contributed by atoms with E-state index in [-0.39, 0.29) is 5.54 Å². The fourth-order valence-electron chi connectivity index (χ4n) is 1.71. The molecule has 1 heterocycles. The predicted octanol–water partition coefficient (Wildman–Crippen LogP) is 3.63. The molecule has 0 saturated carbocycles.